The van der Waals surface area contributed by atoms with Crippen molar-refractivity contribution < 1.29 is 0 Å². The predicted octanol–water partition coefficient (Wildman–Crippen LogP) is 4.66. The molecule has 1 aromatic carbocycles. The maximum absolute atomic E-state index is 3.64. The smallest absolute Gasteiger partial charge is 0.0449 e. The van der Waals surface area contributed by atoms with Gasteiger partial charge in [0.05, 0.1) is 0 Å². The van der Waals surface area contributed by atoms with Crippen molar-refractivity contribution in [1.82, 2.24) is 5.32 Å². The van der Waals surface area contributed by atoms with Crippen LogP contribution in [0.15, 0.2) is 24.3 Å². The Morgan fingerprint density at radius 2 is 1.58 bits per heavy atom. The van der Waals surface area contributed by atoms with E-state index in [9.17, 15) is 0 Å². The molecule has 0 amide bonds. The molecule has 19 heavy (non-hydrogen) atoms. The lowest BCUT2D eigenvalue weighted by molar-refractivity contribution is 0.527. The summed E-state index contributed by atoms with van der Waals surface area (Å²) < 4.78 is 0. The minimum absolute atomic E-state index is 0.672. The number of benzene rings is 1. The summed E-state index contributed by atoms with van der Waals surface area (Å²) in [7, 11) is -1.03. The molecule has 0 aromatic heterocycles. The molecule has 2 heteroatoms. The summed E-state index contributed by atoms with van der Waals surface area (Å²) in [6.07, 6.45) is 0. The van der Waals surface area contributed by atoms with Gasteiger partial charge in [-0.25, -0.2) is 0 Å². The molecular weight excluding hydrogens is 246 g/mol. The minimum Gasteiger partial charge on any atom is -0.316 e. The topological polar surface area (TPSA) is 12.0 Å². The number of aryl methyl sites for hydroxylation is 1. The first-order valence-corrected chi connectivity index (χ1v) is 11.3. The third-order valence-electron chi connectivity index (χ3n) is 3.35. The SMILES string of the molecule is Cc1ccc(C(CNCC(C)C)C[Si](C)(C)C)cc1. The molecule has 0 aliphatic heterocycles. The Morgan fingerprint density at radius 3 is 2.05 bits per heavy atom. The van der Waals surface area contributed by atoms with E-state index in [-0.39, 0.29) is 0 Å². The van der Waals surface area contributed by atoms with Gasteiger partial charge in [0.2, 0.25) is 0 Å². The quantitative estimate of drug-likeness (QED) is 0.715. The van der Waals surface area contributed by atoms with Crippen LogP contribution in [0.5, 0.6) is 0 Å². The zero-order chi connectivity index (χ0) is 14.5. The molecule has 1 nitrogen and oxygen atoms in total. The number of nitrogens with one attached hydrogen (secondary N) is 1. The van der Waals surface area contributed by atoms with Crippen LogP contribution < -0.4 is 5.32 Å². The molecule has 0 aliphatic rings. The average molecular weight is 278 g/mol. The van der Waals surface area contributed by atoms with Crippen LogP contribution in [0.3, 0.4) is 0 Å². The van der Waals surface area contributed by atoms with Gasteiger partial charge in [-0.2, -0.15) is 0 Å². The first-order chi connectivity index (χ1) is 8.78. The standard InChI is InChI=1S/C17H31NSi/c1-14(2)11-18-12-17(13-19(4,5)6)16-9-7-15(3)8-10-16/h7-10,14,17-18H,11-13H2,1-6H3. The van der Waals surface area contributed by atoms with Crippen molar-refractivity contribution in [1.29, 1.82) is 0 Å². The molecule has 1 atom stereocenters. The summed E-state index contributed by atoms with van der Waals surface area (Å²) in [6.45, 7) is 16.3. The molecule has 0 spiro atoms. The highest BCUT2D eigenvalue weighted by atomic mass is 28.3. The Labute approximate surface area is 120 Å². The maximum Gasteiger partial charge on any atom is 0.0449 e. The molecule has 108 valence electrons. The second-order valence-corrected chi connectivity index (χ2v) is 13.0. The van der Waals surface area contributed by atoms with E-state index in [2.05, 4.69) is 70.0 Å². The Morgan fingerprint density at radius 1 is 1.00 bits per heavy atom. The second-order valence-electron chi connectivity index (χ2n) is 7.42. The van der Waals surface area contributed by atoms with E-state index in [4.69, 9.17) is 0 Å². The van der Waals surface area contributed by atoms with Gasteiger partial charge in [-0.05, 0) is 36.9 Å². The van der Waals surface area contributed by atoms with E-state index in [0.717, 1.165) is 19.0 Å². The molecule has 0 fully saturated rings. The van der Waals surface area contributed by atoms with Gasteiger partial charge in [0.25, 0.3) is 0 Å². The van der Waals surface area contributed by atoms with Crippen molar-refractivity contribution in [3.8, 4) is 0 Å². The van der Waals surface area contributed by atoms with Crippen LogP contribution in [-0.2, 0) is 0 Å². The highest BCUT2D eigenvalue weighted by Gasteiger charge is 2.21. The Hall–Kier alpha value is -0.603. The molecule has 1 unspecified atom stereocenters. The summed E-state index contributed by atoms with van der Waals surface area (Å²) >= 11 is 0. The predicted molar refractivity (Wildman–Crippen MR) is 89.8 cm³/mol. The van der Waals surface area contributed by atoms with Crippen LogP contribution in [0, 0.1) is 12.8 Å². The van der Waals surface area contributed by atoms with Gasteiger partial charge >= 0.3 is 0 Å². The van der Waals surface area contributed by atoms with Crippen molar-refractivity contribution in [2.45, 2.75) is 52.4 Å². The van der Waals surface area contributed by atoms with Crippen molar-refractivity contribution in [2.75, 3.05) is 13.1 Å². The van der Waals surface area contributed by atoms with Gasteiger partial charge in [-0.15, -0.1) is 0 Å². The summed E-state index contributed by atoms with van der Waals surface area (Å²) in [4.78, 5) is 0. The molecule has 0 saturated carbocycles. The van der Waals surface area contributed by atoms with Crippen molar-refractivity contribution in [3.05, 3.63) is 35.4 Å². The molecule has 1 aromatic rings. The molecule has 0 heterocycles. The Kier molecular flexibility index (Phi) is 6.28. The summed E-state index contributed by atoms with van der Waals surface area (Å²) in [5, 5.41) is 3.64. The van der Waals surface area contributed by atoms with Crippen LogP contribution in [0.25, 0.3) is 0 Å². The zero-order valence-electron chi connectivity index (χ0n) is 13.6. The van der Waals surface area contributed by atoms with E-state index >= 15 is 0 Å². The van der Waals surface area contributed by atoms with Crippen LogP contribution >= 0.6 is 0 Å². The van der Waals surface area contributed by atoms with Crippen LogP contribution in [0.1, 0.15) is 30.9 Å². The Balaban J connectivity index is 2.71. The number of hydrogen-bond acceptors (Lipinski definition) is 1. The van der Waals surface area contributed by atoms with Gasteiger partial charge in [0.1, 0.15) is 0 Å². The van der Waals surface area contributed by atoms with Gasteiger partial charge < -0.3 is 5.32 Å². The largest absolute Gasteiger partial charge is 0.316 e. The highest BCUT2D eigenvalue weighted by molar-refractivity contribution is 6.76. The Bertz CT molecular complexity index is 362. The molecule has 0 radical (unpaired) electrons. The summed E-state index contributed by atoms with van der Waals surface area (Å²) in [5.74, 6) is 1.40. The van der Waals surface area contributed by atoms with E-state index < -0.39 is 8.07 Å². The lowest BCUT2D eigenvalue weighted by atomic mass is 9.99. The monoisotopic (exact) mass is 277 g/mol. The lowest BCUT2D eigenvalue weighted by Gasteiger charge is -2.26. The average Bonchev–Trinajstić information content (AvgIpc) is 2.26. The van der Waals surface area contributed by atoms with Crippen molar-refractivity contribution in [2.24, 2.45) is 5.92 Å². The minimum atomic E-state index is -1.03. The third-order valence-corrected chi connectivity index (χ3v) is 5.07. The number of hydrogen-bond donors (Lipinski definition) is 1. The first-order valence-electron chi connectivity index (χ1n) is 7.55. The molecule has 0 aliphatic carbocycles. The van der Waals surface area contributed by atoms with Crippen LogP contribution in [-0.4, -0.2) is 21.2 Å². The molecule has 1 rings (SSSR count). The van der Waals surface area contributed by atoms with Gasteiger partial charge in [0, 0.05) is 14.6 Å². The van der Waals surface area contributed by atoms with E-state index in [0.29, 0.717) is 5.92 Å². The van der Waals surface area contributed by atoms with Gasteiger partial charge in [-0.1, -0.05) is 63.3 Å². The van der Waals surface area contributed by atoms with E-state index in [1.165, 1.54) is 17.2 Å². The van der Waals surface area contributed by atoms with E-state index in [1.807, 2.05) is 0 Å². The van der Waals surface area contributed by atoms with E-state index in [1.54, 1.807) is 0 Å². The summed E-state index contributed by atoms with van der Waals surface area (Å²) in [5.41, 5.74) is 2.86. The maximum atomic E-state index is 3.64. The fraction of sp³-hybridized carbons (Fsp3) is 0.647. The van der Waals surface area contributed by atoms with Crippen LogP contribution in [0.2, 0.25) is 25.7 Å². The van der Waals surface area contributed by atoms with Crippen molar-refractivity contribution in [3.63, 3.8) is 0 Å². The van der Waals surface area contributed by atoms with Crippen LogP contribution in [0.4, 0.5) is 0 Å². The molecule has 0 bridgehead atoms. The second kappa shape index (κ2) is 7.25. The van der Waals surface area contributed by atoms with Gasteiger partial charge in [0.15, 0.2) is 0 Å². The molecule has 1 N–H and O–H groups in total. The third kappa shape index (κ3) is 6.93. The molecular formula is C17H31NSi. The summed E-state index contributed by atoms with van der Waals surface area (Å²) in [6, 6.07) is 10.5. The first kappa shape index (κ1) is 16.5. The van der Waals surface area contributed by atoms with Gasteiger partial charge in [-0.3, -0.25) is 0 Å². The van der Waals surface area contributed by atoms with Crippen molar-refractivity contribution >= 4 is 8.07 Å². The molecule has 0 saturated heterocycles. The fourth-order valence-corrected chi connectivity index (χ4v) is 4.29. The normalized spacial score (nSPS) is 13.8. The zero-order valence-corrected chi connectivity index (χ0v) is 14.6. The lowest BCUT2D eigenvalue weighted by Crippen LogP contribution is -2.30. The fourth-order valence-electron chi connectivity index (χ4n) is 2.43. The highest BCUT2D eigenvalue weighted by Crippen LogP contribution is 2.26. The number of rotatable bonds is 7.